The molecular formula is C8H18O4. The quantitative estimate of drug-likeness (QED) is 0.452. The van der Waals surface area contributed by atoms with Gasteiger partial charge in [-0.05, 0) is 5.41 Å². The largest absolute Gasteiger partial charge is 0.394 e. The first kappa shape index (κ1) is 11.8. The lowest BCUT2D eigenvalue weighted by atomic mass is 9.84. The summed E-state index contributed by atoms with van der Waals surface area (Å²) >= 11 is 0. The number of hydrogen-bond acceptors (Lipinski definition) is 4. The van der Waals surface area contributed by atoms with E-state index in [0.717, 1.165) is 0 Å². The van der Waals surface area contributed by atoms with Crippen molar-refractivity contribution >= 4 is 0 Å². The zero-order valence-electron chi connectivity index (χ0n) is 7.73. The molecular weight excluding hydrogens is 160 g/mol. The lowest BCUT2D eigenvalue weighted by Crippen LogP contribution is -2.46. The predicted octanol–water partition coefficient (Wildman–Crippen LogP) is -0.893. The maximum Gasteiger partial charge on any atom is 0.108 e. The second kappa shape index (κ2) is 4.18. The first-order valence-corrected chi connectivity index (χ1v) is 3.95. The smallest absolute Gasteiger partial charge is 0.108 e. The second-order valence-corrected chi connectivity index (χ2v) is 4.05. The topological polar surface area (TPSA) is 80.9 Å². The van der Waals surface area contributed by atoms with Crippen LogP contribution in [0.15, 0.2) is 0 Å². The molecule has 0 saturated heterocycles. The van der Waals surface area contributed by atoms with Gasteiger partial charge >= 0.3 is 0 Å². The SMILES string of the molecule is CC(C)(C)C(O)C(O)C(O)CO. The number of rotatable bonds is 3. The third kappa shape index (κ3) is 3.06. The molecule has 0 radical (unpaired) electrons. The van der Waals surface area contributed by atoms with E-state index in [9.17, 15) is 10.2 Å². The summed E-state index contributed by atoms with van der Waals surface area (Å²) < 4.78 is 0. The Bertz CT molecular complexity index is 130. The van der Waals surface area contributed by atoms with Crippen LogP contribution >= 0.6 is 0 Å². The fourth-order valence-electron chi connectivity index (χ4n) is 0.831. The van der Waals surface area contributed by atoms with Gasteiger partial charge in [-0.2, -0.15) is 0 Å². The second-order valence-electron chi connectivity index (χ2n) is 4.05. The van der Waals surface area contributed by atoms with Crippen molar-refractivity contribution in [3.63, 3.8) is 0 Å². The molecule has 74 valence electrons. The van der Waals surface area contributed by atoms with Crippen LogP contribution in [-0.2, 0) is 0 Å². The van der Waals surface area contributed by atoms with Gasteiger partial charge in [-0.1, -0.05) is 20.8 Å². The minimum absolute atomic E-state index is 0.504. The number of aliphatic hydroxyl groups excluding tert-OH is 4. The Morgan fingerprint density at radius 3 is 1.75 bits per heavy atom. The summed E-state index contributed by atoms with van der Waals surface area (Å²) in [6.07, 6.45) is -3.62. The van der Waals surface area contributed by atoms with E-state index in [4.69, 9.17) is 10.2 Å². The van der Waals surface area contributed by atoms with E-state index >= 15 is 0 Å². The highest BCUT2D eigenvalue weighted by Crippen LogP contribution is 2.22. The van der Waals surface area contributed by atoms with Crippen LogP contribution < -0.4 is 0 Å². The molecule has 3 atom stereocenters. The summed E-state index contributed by atoms with van der Waals surface area (Å²) in [7, 11) is 0. The van der Waals surface area contributed by atoms with Gasteiger partial charge in [0.25, 0.3) is 0 Å². The summed E-state index contributed by atoms with van der Waals surface area (Å²) in [5, 5.41) is 36.2. The molecule has 0 rings (SSSR count). The Morgan fingerprint density at radius 2 is 1.50 bits per heavy atom. The molecule has 0 saturated carbocycles. The van der Waals surface area contributed by atoms with E-state index in [1.165, 1.54) is 0 Å². The highest BCUT2D eigenvalue weighted by molar-refractivity contribution is 4.83. The molecule has 0 fully saturated rings. The summed E-state index contributed by atoms with van der Waals surface area (Å²) in [4.78, 5) is 0. The standard InChI is InChI=1S/C8H18O4/c1-8(2,3)7(12)6(11)5(10)4-9/h5-7,9-12H,4H2,1-3H3. The van der Waals surface area contributed by atoms with Crippen LogP contribution in [0.3, 0.4) is 0 Å². The van der Waals surface area contributed by atoms with Gasteiger partial charge in [-0.25, -0.2) is 0 Å². The van der Waals surface area contributed by atoms with E-state index in [0.29, 0.717) is 0 Å². The molecule has 4 N–H and O–H groups in total. The minimum atomic E-state index is -1.30. The van der Waals surface area contributed by atoms with Crippen LogP contribution in [0.4, 0.5) is 0 Å². The van der Waals surface area contributed by atoms with Crippen LogP contribution in [0, 0.1) is 5.41 Å². The van der Waals surface area contributed by atoms with Crippen molar-refractivity contribution < 1.29 is 20.4 Å². The van der Waals surface area contributed by atoms with E-state index in [1.54, 1.807) is 20.8 Å². The van der Waals surface area contributed by atoms with Gasteiger partial charge in [0.05, 0.1) is 12.7 Å². The Hall–Kier alpha value is -0.160. The molecule has 12 heavy (non-hydrogen) atoms. The Balaban J connectivity index is 4.19. The monoisotopic (exact) mass is 178 g/mol. The number of hydrogen-bond donors (Lipinski definition) is 4. The minimum Gasteiger partial charge on any atom is -0.394 e. The van der Waals surface area contributed by atoms with E-state index in [-0.39, 0.29) is 0 Å². The Labute approximate surface area is 72.5 Å². The molecule has 0 heterocycles. The van der Waals surface area contributed by atoms with E-state index in [2.05, 4.69) is 0 Å². The highest BCUT2D eigenvalue weighted by atomic mass is 16.4. The summed E-state index contributed by atoms with van der Waals surface area (Å²) in [5.41, 5.74) is -0.504. The zero-order chi connectivity index (χ0) is 9.94. The van der Waals surface area contributed by atoms with E-state index in [1.807, 2.05) is 0 Å². The van der Waals surface area contributed by atoms with Crippen LogP contribution in [-0.4, -0.2) is 45.3 Å². The average molecular weight is 178 g/mol. The maximum atomic E-state index is 9.43. The van der Waals surface area contributed by atoms with Crippen molar-refractivity contribution in [1.29, 1.82) is 0 Å². The van der Waals surface area contributed by atoms with Crippen molar-refractivity contribution in [2.24, 2.45) is 5.41 Å². The number of aliphatic hydroxyl groups is 4. The molecule has 0 spiro atoms. The van der Waals surface area contributed by atoms with Gasteiger partial charge in [0.2, 0.25) is 0 Å². The van der Waals surface area contributed by atoms with Gasteiger partial charge in [0, 0.05) is 0 Å². The van der Waals surface area contributed by atoms with Gasteiger partial charge < -0.3 is 20.4 Å². The van der Waals surface area contributed by atoms with Crippen LogP contribution in [0.25, 0.3) is 0 Å². The van der Waals surface area contributed by atoms with Crippen molar-refractivity contribution in [3.8, 4) is 0 Å². The lowest BCUT2D eigenvalue weighted by Gasteiger charge is -2.31. The first-order valence-electron chi connectivity index (χ1n) is 3.95. The maximum absolute atomic E-state index is 9.43. The molecule has 0 aliphatic rings. The fourth-order valence-corrected chi connectivity index (χ4v) is 0.831. The fraction of sp³-hybridized carbons (Fsp3) is 1.00. The lowest BCUT2D eigenvalue weighted by molar-refractivity contribution is -0.110. The zero-order valence-corrected chi connectivity index (χ0v) is 7.73. The molecule has 4 heteroatoms. The average Bonchev–Trinajstić information content (AvgIpc) is 1.98. The molecule has 0 aromatic rings. The predicted molar refractivity (Wildman–Crippen MR) is 44.6 cm³/mol. The first-order chi connectivity index (χ1) is 5.30. The summed E-state index contributed by atoms with van der Waals surface area (Å²) in [5.74, 6) is 0. The highest BCUT2D eigenvalue weighted by Gasteiger charge is 2.33. The van der Waals surface area contributed by atoms with Crippen molar-refractivity contribution in [2.75, 3.05) is 6.61 Å². The van der Waals surface area contributed by atoms with Gasteiger partial charge in [-0.15, -0.1) is 0 Å². The van der Waals surface area contributed by atoms with Gasteiger partial charge in [-0.3, -0.25) is 0 Å². The van der Waals surface area contributed by atoms with Crippen molar-refractivity contribution in [3.05, 3.63) is 0 Å². The molecule has 0 bridgehead atoms. The molecule has 3 unspecified atom stereocenters. The molecule has 0 aliphatic carbocycles. The van der Waals surface area contributed by atoms with Crippen molar-refractivity contribution in [2.45, 2.75) is 39.1 Å². The summed E-state index contributed by atoms with van der Waals surface area (Å²) in [6.45, 7) is 4.68. The third-order valence-electron chi connectivity index (χ3n) is 1.79. The Morgan fingerprint density at radius 1 is 1.08 bits per heavy atom. The van der Waals surface area contributed by atoms with Crippen LogP contribution in [0.1, 0.15) is 20.8 Å². The molecule has 0 amide bonds. The molecule has 4 nitrogen and oxygen atoms in total. The summed E-state index contributed by atoms with van der Waals surface area (Å²) in [6, 6.07) is 0. The Kier molecular flexibility index (Phi) is 4.13. The van der Waals surface area contributed by atoms with Crippen molar-refractivity contribution in [1.82, 2.24) is 0 Å². The normalized spacial score (nSPS) is 20.2. The molecule has 0 aromatic heterocycles. The molecule has 0 aromatic carbocycles. The van der Waals surface area contributed by atoms with Gasteiger partial charge in [0.15, 0.2) is 0 Å². The van der Waals surface area contributed by atoms with E-state index < -0.39 is 30.3 Å². The van der Waals surface area contributed by atoms with Gasteiger partial charge in [0.1, 0.15) is 12.2 Å². The van der Waals surface area contributed by atoms with Crippen LogP contribution in [0.2, 0.25) is 0 Å². The third-order valence-corrected chi connectivity index (χ3v) is 1.79. The molecule has 0 aliphatic heterocycles. The van der Waals surface area contributed by atoms with Crippen LogP contribution in [0.5, 0.6) is 0 Å².